The summed E-state index contributed by atoms with van der Waals surface area (Å²) in [5.41, 5.74) is 0. The van der Waals surface area contributed by atoms with Crippen molar-refractivity contribution in [3.05, 3.63) is 35.4 Å². The summed E-state index contributed by atoms with van der Waals surface area (Å²) in [7, 11) is 1.93. The van der Waals surface area contributed by atoms with E-state index in [1.54, 1.807) is 11.3 Å². The molecule has 1 unspecified atom stereocenters. The third-order valence-corrected chi connectivity index (χ3v) is 3.14. The molecule has 0 amide bonds. The first kappa shape index (κ1) is 9.49. The van der Waals surface area contributed by atoms with E-state index in [-0.39, 0.29) is 6.04 Å². The van der Waals surface area contributed by atoms with Crippen molar-refractivity contribution in [2.24, 2.45) is 0 Å². The average molecular weight is 207 g/mol. The quantitative estimate of drug-likeness (QED) is 0.835. The molecule has 1 atom stereocenters. The molecule has 0 saturated heterocycles. The summed E-state index contributed by atoms with van der Waals surface area (Å²) in [4.78, 5) is 1.18. The van der Waals surface area contributed by atoms with E-state index in [2.05, 4.69) is 23.7 Å². The smallest absolute Gasteiger partial charge is 0.144 e. The normalized spacial score (nSPS) is 13.0. The summed E-state index contributed by atoms with van der Waals surface area (Å²) in [6, 6.07) is 8.41. The van der Waals surface area contributed by atoms with Gasteiger partial charge < -0.3 is 9.73 Å². The molecule has 2 rings (SSSR count). The van der Waals surface area contributed by atoms with Crippen LogP contribution in [0.25, 0.3) is 10.6 Å². The van der Waals surface area contributed by atoms with E-state index in [9.17, 15) is 0 Å². The molecule has 2 nitrogen and oxygen atoms in total. The number of furan rings is 1. The van der Waals surface area contributed by atoms with Gasteiger partial charge in [0.05, 0.1) is 10.9 Å². The van der Waals surface area contributed by atoms with Crippen molar-refractivity contribution in [1.82, 2.24) is 5.32 Å². The number of thiophene rings is 1. The Labute approximate surface area is 87.6 Å². The fourth-order valence-electron chi connectivity index (χ4n) is 1.28. The molecule has 0 fully saturated rings. The molecule has 3 heteroatoms. The van der Waals surface area contributed by atoms with Crippen LogP contribution >= 0.6 is 11.3 Å². The van der Waals surface area contributed by atoms with Gasteiger partial charge in [-0.25, -0.2) is 0 Å². The predicted molar refractivity (Wildman–Crippen MR) is 59.5 cm³/mol. The van der Waals surface area contributed by atoms with Crippen LogP contribution in [0.5, 0.6) is 0 Å². The first-order valence-electron chi connectivity index (χ1n) is 4.62. The second-order valence-corrected chi connectivity index (χ2v) is 4.14. The average Bonchev–Trinajstić information content (AvgIpc) is 2.86. The maximum absolute atomic E-state index is 5.73. The fourth-order valence-corrected chi connectivity index (χ4v) is 1.97. The van der Waals surface area contributed by atoms with E-state index >= 15 is 0 Å². The van der Waals surface area contributed by atoms with Gasteiger partial charge in [0.2, 0.25) is 0 Å². The van der Waals surface area contributed by atoms with Crippen molar-refractivity contribution in [3.63, 3.8) is 0 Å². The minimum atomic E-state index is 0.267. The van der Waals surface area contributed by atoms with Crippen LogP contribution in [0.3, 0.4) is 0 Å². The molecule has 74 valence electrons. The van der Waals surface area contributed by atoms with Crippen LogP contribution in [-0.4, -0.2) is 7.05 Å². The predicted octanol–water partition coefficient (Wildman–Crippen LogP) is 3.29. The molecule has 2 aromatic heterocycles. The lowest BCUT2D eigenvalue weighted by molar-refractivity contribution is 0.459. The highest BCUT2D eigenvalue weighted by Crippen LogP contribution is 2.28. The van der Waals surface area contributed by atoms with E-state index in [4.69, 9.17) is 4.42 Å². The molecule has 1 N–H and O–H groups in total. The number of hydrogen-bond acceptors (Lipinski definition) is 3. The molecule has 0 aliphatic rings. The largest absolute Gasteiger partial charge is 0.459 e. The van der Waals surface area contributed by atoms with Crippen molar-refractivity contribution in [2.75, 3.05) is 7.05 Å². The Morgan fingerprint density at radius 2 is 2.21 bits per heavy atom. The van der Waals surface area contributed by atoms with Gasteiger partial charge in [0.25, 0.3) is 0 Å². The Morgan fingerprint density at radius 3 is 2.86 bits per heavy atom. The van der Waals surface area contributed by atoms with E-state index in [1.165, 1.54) is 4.88 Å². The molecule has 0 bridgehead atoms. The minimum Gasteiger partial charge on any atom is -0.459 e. The highest BCUT2D eigenvalue weighted by molar-refractivity contribution is 7.13. The zero-order valence-electron chi connectivity index (χ0n) is 8.28. The zero-order chi connectivity index (χ0) is 9.97. The van der Waals surface area contributed by atoms with Gasteiger partial charge in [-0.2, -0.15) is 0 Å². The molecule has 0 aromatic carbocycles. The minimum absolute atomic E-state index is 0.267. The molecule has 0 saturated carbocycles. The van der Waals surface area contributed by atoms with Gasteiger partial charge in [-0.1, -0.05) is 6.07 Å². The Balaban J connectivity index is 2.26. The topological polar surface area (TPSA) is 25.2 Å². The van der Waals surface area contributed by atoms with Crippen LogP contribution in [0.15, 0.2) is 34.1 Å². The molecule has 0 aliphatic carbocycles. The molecule has 2 heterocycles. The Kier molecular flexibility index (Phi) is 2.70. The lowest BCUT2D eigenvalue weighted by atomic mass is 10.2. The number of rotatable bonds is 3. The van der Waals surface area contributed by atoms with Crippen LogP contribution in [0, 0.1) is 0 Å². The summed E-state index contributed by atoms with van der Waals surface area (Å²) in [6.07, 6.45) is 0. The molecular weight excluding hydrogens is 194 g/mol. The molecule has 2 aromatic rings. The molecule has 0 spiro atoms. The van der Waals surface area contributed by atoms with E-state index in [0.29, 0.717) is 0 Å². The Hall–Kier alpha value is -1.06. The van der Waals surface area contributed by atoms with E-state index in [0.717, 1.165) is 11.5 Å². The Bertz CT molecular complexity index is 391. The van der Waals surface area contributed by atoms with Gasteiger partial charge >= 0.3 is 0 Å². The van der Waals surface area contributed by atoms with Crippen LogP contribution in [-0.2, 0) is 0 Å². The van der Waals surface area contributed by atoms with Gasteiger partial charge in [0.15, 0.2) is 0 Å². The second kappa shape index (κ2) is 3.98. The van der Waals surface area contributed by atoms with Crippen molar-refractivity contribution in [3.8, 4) is 10.6 Å². The monoisotopic (exact) mass is 207 g/mol. The van der Waals surface area contributed by atoms with Gasteiger partial charge in [-0.05, 0) is 37.6 Å². The summed E-state index contributed by atoms with van der Waals surface area (Å²) in [6.45, 7) is 2.08. The molecular formula is C11H13NOS. The number of hydrogen-bond donors (Lipinski definition) is 1. The zero-order valence-corrected chi connectivity index (χ0v) is 9.10. The van der Waals surface area contributed by atoms with Gasteiger partial charge in [0, 0.05) is 0 Å². The maximum atomic E-state index is 5.73. The third kappa shape index (κ3) is 1.74. The van der Waals surface area contributed by atoms with Crippen molar-refractivity contribution < 1.29 is 4.42 Å². The van der Waals surface area contributed by atoms with Crippen LogP contribution in [0.4, 0.5) is 0 Å². The lowest BCUT2D eigenvalue weighted by Gasteiger charge is -2.04. The van der Waals surface area contributed by atoms with Gasteiger partial charge in [-0.3, -0.25) is 0 Å². The lowest BCUT2D eigenvalue weighted by Crippen LogP contribution is -2.10. The Morgan fingerprint density at radius 1 is 1.36 bits per heavy atom. The summed E-state index contributed by atoms with van der Waals surface area (Å²) >= 11 is 1.69. The fraction of sp³-hybridized carbons (Fsp3) is 0.273. The SMILES string of the molecule is CNC(C)c1ccc(-c2cccs2)o1. The highest BCUT2D eigenvalue weighted by Gasteiger charge is 2.09. The summed E-state index contributed by atoms with van der Waals surface area (Å²) in [5.74, 6) is 1.94. The maximum Gasteiger partial charge on any atom is 0.144 e. The van der Waals surface area contributed by atoms with Crippen LogP contribution in [0.2, 0.25) is 0 Å². The standard InChI is InChI=1S/C11H13NOS/c1-8(12-2)9-5-6-10(13-9)11-4-3-7-14-11/h3-8,12H,1-2H3. The van der Waals surface area contributed by atoms with Gasteiger partial charge in [-0.15, -0.1) is 11.3 Å². The first-order valence-corrected chi connectivity index (χ1v) is 5.50. The molecule has 14 heavy (non-hydrogen) atoms. The number of nitrogens with one attached hydrogen (secondary N) is 1. The van der Waals surface area contributed by atoms with Crippen molar-refractivity contribution in [1.29, 1.82) is 0 Å². The van der Waals surface area contributed by atoms with Crippen LogP contribution in [0.1, 0.15) is 18.7 Å². The second-order valence-electron chi connectivity index (χ2n) is 3.19. The van der Waals surface area contributed by atoms with Crippen molar-refractivity contribution in [2.45, 2.75) is 13.0 Å². The first-order chi connectivity index (χ1) is 6.81. The third-order valence-electron chi connectivity index (χ3n) is 2.25. The summed E-state index contributed by atoms with van der Waals surface area (Å²) in [5, 5.41) is 5.20. The van der Waals surface area contributed by atoms with Gasteiger partial charge in [0.1, 0.15) is 11.5 Å². The van der Waals surface area contributed by atoms with E-state index in [1.807, 2.05) is 25.2 Å². The summed E-state index contributed by atoms with van der Waals surface area (Å²) < 4.78 is 5.73. The van der Waals surface area contributed by atoms with Crippen molar-refractivity contribution >= 4 is 11.3 Å². The molecule has 0 aliphatic heterocycles. The van der Waals surface area contributed by atoms with E-state index < -0.39 is 0 Å². The van der Waals surface area contributed by atoms with Crippen LogP contribution < -0.4 is 5.32 Å². The highest BCUT2D eigenvalue weighted by atomic mass is 32.1. The molecule has 0 radical (unpaired) electrons.